The number of aromatic carboxylic acids is 1. The number of nitrogens with zero attached hydrogens (tertiary/aromatic N) is 3. The van der Waals surface area contributed by atoms with Crippen LogP contribution in [0.3, 0.4) is 0 Å². The van der Waals surface area contributed by atoms with Crippen molar-refractivity contribution < 1.29 is 24.3 Å². The highest BCUT2D eigenvalue weighted by atomic mass is 16.4. The number of hydrogen-bond donors (Lipinski definition) is 2. The van der Waals surface area contributed by atoms with Crippen LogP contribution in [0.1, 0.15) is 41.6 Å². The lowest BCUT2D eigenvalue weighted by Crippen LogP contribution is -2.29. The molecule has 1 aliphatic heterocycles. The molecule has 4 rings (SSSR count). The van der Waals surface area contributed by atoms with Crippen LogP contribution in [0.25, 0.3) is 0 Å². The minimum atomic E-state index is -1.28. The monoisotopic (exact) mass is 390 g/mol. The molecule has 0 spiro atoms. The molecule has 0 saturated heterocycles. The number of aromatic nitrogens is 2. The fraction of sp³-hybridized carbons (Fsp3) is 0.0500. The lowest BCUT2D eigenvalue weighted by Gasteiger charge is -2.13. The highest BCUT2D eigenvalue weighted by Gasteiger charge is 2.37. The Kier molecular flexibility index (Phi) is 4.19. The van der Waals surface area contributed by atoms with Crippen LogP contribution in [0.4, 0.5) is 11.4 Å². The van der Waals surface area contributed by atoms with Crippen LogP contribution in [0, 0.1) is 0 Å². The molecule has 9 heteroatoms. The van der Waals surface area contributed by atoms with Gasteiger partial charge in [0, 0.05) is 18.8 Å². The van der Waals surface area contributed by atoms with E-state index < -0.39 is 23.7 Å². The largest absolute Gasteiger partial charge is 0.476 e. The maximum atomic E-state index is 12.8. The van der Waals surface area contributed by atoms with Crippen molar-refractivity contribution in [2.24, 2.45) is 7.05 Å². The van der Waals surface area contributed by atoms with Gasteiger partial charge in [0.2, 0.25) is 0 Å². The first-order chi connectivity index (χ1) is 13.9. The van der Waals surface area contributed by atoms with Crippen molar-refractivity contribution in [2.75, 3.05) is 10.2 Å². The number of carboxylic acids is 1. The first-order valence-electron chi connectivity index (χ1n) is 8.53. The van der Waals surface area contributed by atoms with Gasteiger partial charge in [-0.3, -0.25) is 19.1 Å². The number of anilines is 2. The number of amides is 3. The normalized spacial score (nSPS) is 12.8. The number of carbonyl (C=O) groups is 4. The highest BCUT2D eigenvalue weighted by Crippen LogP contribution is 2.29. The van der Waals surface area contributed by atoms with E-state index in [2.05, 4.69) is 10.4 Å². The van der Waals surface area contributed by atoms with Crippen LogP contribution in [0.15, 0.2) is 54.7 Å². The minimum absolute atomic E-state index is 0.0267. The van der Waals surface area contributed by atoms with Gasteiger partial charge < -0.3 is 10.4 Å². The summed E-state index contributed by atoms with van der Waals surface area (Å²) in [6.45, 7) is 0. The van der Waals surface area contributed by atoms with E-state index >= 15 is 0 Å². The fourth-order valence-corrected chi connectivity index (χ4v) is 3.13. The molecule has 0 radical (unpaired) electrons. The Morgan fingerprint density at radius 3 is 2.38 bits per heavy atom. The Morgan fingerprint density at radius 2 is 1.69 bits per heavy atom. The van der Waals surface area contributed by atoms with Gasteiger partial charge in [-0.15, -0.1) is 0 Å². The van der Waals surface area contributed by atoms with Gasteiger partial charge >= 0.3 is 5.97 Å². The molecule has 2 heterocycles. The molecule has 29 heavy (non-hydrogen) atoms. The molecule has 2 N–H and O–H groups in total. The molecule has 0 bridgehead atoms. The molecule has 144 valence electrons. The van der Waals surface area contributed by atoms with Gasteiger partial charge in [-0.05, 0) is 30.3 Å². The number of para-hydroxylation sites is 1. The SMILES string of the molecule is Cn1cc(NC(=O)c2ccc3c(c2)C(=O)N(c2ccccc2)C3=O)c(C(=O)O)n1. The van der Waals surface area contributed by atoms with E-state index in [9.17, 15) is 24.3 Å². The van der Waals surface area contributed by atoms with Gasteiger partial charge in [0.15, 0.2) is 5.69 Å². The van der Waals surface area contributed by atoms with Crippen molar-refractivity contribution in [1.82, 2.24) is 9.78 Å². The van der Waals surface area contributed by atoms with Crippen molar-refractivity contribution in [3.05, 3.63) is 77.1 Å². The van der Waals surface area contributed by atoms with E-state index in [1.807, 2.05) is 0 Å². The zero-order chi connectivity index (χ0) is 20.7. The molecule has 0 atom stereocenters. The Labute approximate surface area is 164 Å². The average Bonchev–Trinajstić information content (AvgIpc) is 3.19. The number of hydrogen-bond acceptors (Lipinski definition) is 5. The van der Waals surface area contributed by atoms with Crippen molar-refractivity contribution in [3.63, 3.8) is 0 Å². The number of carbonyl (C=O) groups excluding carboxylic acids is 3. The van der Waals surface area contributed by atoms with Crippen LogP contribution in [0.5, 0.6) is 0 Å². The Morgan fingerprint density at radius 1 is 1.00 bits per heavy atom. The molecule has 0 fully saturated rings. The predicted octanol–water partition coefficient (Wildman–Crippen LogP) is 2.17. The van der Waals surface area contributed by atoms with Crippen molar-refractivity contribution in [1.29, 1.82) is 0 Å². The summed E-state index contributed by atoms with van der Waals surface area (Å²) in [6, 6.07) is 12.6. The molecular weight excluding hydrogens is 376 g/mol. The third kappa shape index (κ3) is 3.04. The Bertz CT molecular complexity index is 1180. The predicted molar refractivity (Wildman–Crippen MR) is 102 cm³/mol. The van der Waals surface area contributed by atoms with Crippen LogP contribution in [-0.2, 0) is 7.05 Å². The number of benzene rings is 2. The maximum Gasteiger partial charge on any atom is 0.358 e. The van der Waals surface area contributed by atoms with Gasteiger partial charge in [0.05, 0.1) is 22.5 Å². The number of nitrogens with one attached hydrogen (secondary N) is 1. The summed E-state index contributed by atoms with van der Waals surface area (Å²) in [5.74, 6) is -2.90. The molecule has 0 aliphatic carbocycles. The van der Waals surface area contributed by atoms with Gasteiger partial charge in [-0.2, -0.15) is 5.10 Å². The molecule has 3 aromatic rings. The second-order valence-electron chi connectivity index (χ2n) is 6.37. The van der Waals surface area contributed by atoms with E-state index in [0.29, 0.717) is 5.69 Å². The van der Waals surface area contributed by atoms with Crippen LogP contribution < -0.4 is 10.2 Å². The van der Waals surface area contributed by atoms with Crippen LogP contribution in [-0.4, -0.2) is 38.6 Å². The summed E-state index contributed by atoms with van der Waals surface area (Å²) < 4.78 is 1.27. The first-order valence-corrected chi connectivity index (χ1v) is 8.53. The van der Waals surface area contributed by atoms with E-state index in [0.717, 1.165) is 4.90 Å². The van der Waals surface area contributed by atoms with Crippen molar-refractivity contribution >= 4 is 35.1 Å². The standard InChI is InChI=1S/C20H14N4O5/c1-23-10-15(16(22-23)20(28)29)21-17(25)11-7-8-13-14(9-11)19(27)24(18(13)26)12-5-3-2-4-6-12/h2-10H,1H3,(H,21,25)(H,28,29). The van der Waals surface area contributed by atoms with Crippen LogP contribution in [0.2, 0.25) is 0 Å². The molecule has 0 saturated carbocycles. The van der Waals surface area contributed by atoms with Gasteiger partial charge in [0.1, 0.15) is 0 Å². The summed E-state index contributed by atoms with van der Waals surface area (Å²) in [7, 11) is 1.53. The highest BCUT2D eigenvalue weighted by molar-refractivity contribution is 6.34. The third-order valence-electron chi connectivity index (χ3n) is 4.44. The molecule has 1 aromatic heterocycles. The molecular formula is C20H14N4O5. The molecule has 9 nitrogen and oxygen atoms in total. The van der Waals surface area contributed by atoms with Crippen LogP contribution >= 0.6 is 0 Å². The zero-order valence-corrected chi connectivity index (χ0v) is 15.1. The fourth-order valence-electron chi connectivity index (χ4n) is 3.13. The average molecular weight is 390 g/mol. The molecule has 0 unspecified atom stereocenters. The first kappa shape index (κ1) is 18.1. The van der Waals surface area contributed by atoms with Gasteiger partial charge in [0.25, 0.3) is 17.7 Å². The number of imide groups is 1. The zero-order valence-electron chi connectivity index (χ0n) is 15.1. The lowest BCUT2D eigenvalue weighted by molar-refractivity contribution is 0.0690. The van der Waals surface area contributed by atoms with Gasteiger partial charge in [-0.1, -0.05) is 18.2 Å². The Hall–Kier alpha value is -4.27. The van der Waals surface area contributed by atoms with Crippen molar-refractivity contribution in [2.45, 2.75) is 0 Å². The summed E-state index contributed by atoms with van der Waals surface area (Å²) in [5, 5.41) is 15.4. The number of aryl methyl sites for hydroxylation is 1. The van der Waals surface area contributed by atoms with E-state index in [1.54, 1.807) is 30.3 Å². The van der Waals surface area contributed by atoms with E-state index in [4.69, 9.17) is 0 Å². The summed E-state index contributed by atoms with van der Waals surface area (Å²) in [4.78, 5) is 50.3. The minimum Gasteiger partial charge on any atom is -0.476 e. The smallest absolute Gasteiger partial charge is 0.358 e. The van der Waals surface area contributed by atoms with Crippen molar-refractivity contribution in [3.8, 4) is 0 Å². The second kappa shape index (κ2) is 6.71. The lowest BCUT2D eigenvalue weighted by atomic mass is 10.1. The summed E-state index contributed by atoms with van der Waals surface area (Å²) in [6.07, 6.45) is 1.36. The quantitative estimate of drug-likeness (QED) is 0.659. The van der Waals surface area contributed by atoms with Gasteiger partial charge in [-0.25, -0.2) is 9.69 Å². The topological polar surface area (TPSA) is 122 Å². The number of carboxylic acid groups (broad SMARTS) is 1. The Balaban J connectivity index is 1.64. The third-order valence-corrected chi connectivity index (χ3v) is 4.44. The molecule has 2 aromatic carbocycles. The number of rotatable bonds is 4. The summed E-state index contributed by atoms with van der Waals surface area (Å²) >= 11 is 0. The number of fused-ring (bicyclic) bond motifs is 1. The summed E-state index contributed by atoms with van der Waals surface area (Å²) in [5.41, 5.74) is 0.577. The van der Waals surface area contributed by atoms with E-state index in [-0.39, 0.29) is 28.1 Å². The molecule has 3 amide bonds. The second-order valence-corrected chi connectivity index (χ2v) is 6.37. The van der Waals surface area contributed by atoms with E-state index in [1.165, 1.54) is 36.1 Å². The maximum absolute atomic E-state index is 12.8. The molecule has 1 aliphatic rings.